The first kappa shape index (κ1) is 12.6. The van der Waals surface area contributed by atoms with Crippen molar-refractivity contribution in [3.8, 4) is 0 Å². The average Bonchev–Trinajstić information content (AvgIpc) is 2.63. The Balaban J connectivity index is 2.52. The van der Waals surface area contributed by atoms with Gasteiger partial charge < -0.3 is 14.9 Å². The van der Waals surface area contributed by atoms with Gasteiger partial charge in [0.2, 0.25) is 0 Å². The molecule has 0 atom stereocenters. The fraction of sp³-hybridized carbons (Fsp3) is 0.231. The van der Waals surface area contributed by atoms with Gasteiger partial charge in [-0.1, -0.05) is 17.7 Å². The number of carbonyl (C=O) groups is 2. The average molecular weight is 266 g/mol. The molecule has 0 bridgehead atoms. The number of aromatic nitrogens is 1. The normalized spacial score (nSPS) is 10.7. The first-order valence-corrected chi connectivity index (χ1v) is 5.94. The maximum atomic E-state index is 10.9. The smallest absolute Gasteiger partial charge is 0.307 e. The Kier molecular flexibility index (Phi) is 3.67. The molecule has 0 unspecified atom stereocenters. The molecule has 2 N–H and O–H groups in total. The van der Waals surface area contributed by atoms with Crippen molar-refractivity contribution in [3.05, 3.63) is 34.5 Å². The first-order chi connectivity index (χ1) is 8.61. The predicted octanol–water partition coefficient (Wildman–Crippen LogP) is 2.58. The minimum atomic E-state index is -0.891. The molecule has 94 valence electrons. The van der Waals surface area contributed by atoms with E-state index in [2.05, 4.69) is 4.98 Å². The molecule has 5 heteroatoms. The van der Waals surface area contributed by atoms with Gasteiger partial charge in [-0.25, -0.2) is 0 Å². The Morgan fingerprint density at radius 2 is 2.22 bits per heavy atom. The van der Waals surface area contributed by atoms with Crippen molar-refractivity contribution >= 4 is 34.8 Å². The van der Waals surface area contributed by atoms with Crippen molar-refractivity contribution in [2.75, 3.05) is 0 Å². The molecule has 0 aliphatic carbocycles. The fourth-order valence-electron chi connectivity index (χ4n) is 2.05. The predicted molar refractivity (Wildman–Crippen MR) is 69.0 cm³/mol. The van der Waals surface area contributed by atoms with E-state index in [0.29, 0.717) is 17.9 Å². The van der Waals surface area contributed by atoms with Gasteiger partial charge in [0, 0.05) is 28.0 Å². The molecule has 0 radical (unpaired) electrons. The van der Waals surface area contributed by atoms with Crippen LogP contribution >= 0.6 is 11.6 Å². The second-order valence-electron chi connectivity index (χ2n) is 4.05. The Bertz CT molecular complexity index is 604. The van der Waals surface area contributed by atoms with Crippen molar-refractivity contribution < 1.29 is 14.7 Å². The number of carbonyl (C=O) groups excluding carboxylic acids is 1. The minimum absolute atomic E-state index is 0.0597. The highest BCUT2D eigenvalue weighted by atomic mass is 35.5. The summed E-state index contributed by atoms with van der Waals surface area (Å²) in [5, 5.41) is 10.4. The third-order valence-electron chi connectivity index (χ3n) is 2.80. The molecule has 1 heterocycles. The number of fused-ring (bicyclic) bond motifs is 1. The van der Waals surface area contributed by atoms with E-state index in [0.717, 1.165) is 28.4 Å². The molecular weight excluding hydrogens is 254 g/mol. The van der Waals surface area contributed by atoms with Crippen LogP contribution in [0.3, 0.4) is 0 Å². The topological polar surface area (TPSA) is 70.2 Å². The monoisotopic (exact) mass is 265 g/mol. The maximum Gasteiger partial charge on any atom is 0.307 e. The van der Waals surface area contributed by atoms with Crippen LogP contribution in [-0.4, -0.2) is 22.3 Å². The third kappa shape index (κ3) is 2.54. The van der Waals surface area contributed by atoms with Gasteiger partial charge in [-0.2, -0.15) is 0 Å². The summed E-state index contributed by atoms with van der Waals surface area (Å²) in [6, 6.07) is 5.29. The zero-order valence-electron chi connectivity index (χ0n) is 9.57. The molecule has 1 aromatic heterocycles. The van der Waals surface area contributed by atoms with E-state index in [-0.39, 0.29) is 6.42 Å². The number of carboxylic acid groups (broad SMARTS) is 1. The number of halogens is 1. The van der Waals surface area contributed by atoms with E-state index in [1.165, 1.54) is 0 Å². The van der Waals surface area contributed by atoms with E-state index in [9.17, 15) is 9.59 Å². The molecule has 0 aliphatic heterocycles. The Labute approximate surface area is 109 Å². The molecule has 0 spiro atoms. The van der Waals surface area contributed by atoms with E-state index < -0.39 is 5.97 Å². The van der Waals surface area contributed by atoms with Crippen LogP contribution in [0.25, 0.3) is 10.9 Å². The minimum Gasteiger partial charge on any atom is -0.481 e. The quantitative estimate of drug-likeness (QED) is 0.817. The zero-order chi connectivity index (χ0) is 13.1. The van der Waals surface area contributed by atoms with Crippen molar-refractivity contribution in [1.82, 2.24) is 4.98 Å². The van der Waals surface area contributed by atoms with Gasteiger partial charge in [-0.05, 0) is 24.1 Å². The highest BCUT2D eigenvalue weighted by molar-refractivity contribution is 6.31. The highest BCUT2D eigenvalue weighted by Gasteiger charge is 2.14. The second kappa shape index (κ2) is 5.23. The van der Waals surface area contributed by atoms with Crippen LogP contribution < -0.4 is 0 Å². The second-order valence-corrected chi connectivity index (χ2v) is 4.48. The van der Waals surface area contributed by atoms with Gasteiger partial charge in [0.25, 0.3) is 0 Å². The number of carboxylic acids is 1. The lowest BCUT2D eigenvalue weighted by Gasteiger charge is -1.99. The van der Waals surface area contributed by atoms with E-state index in [4.69, 9.17) is 16.7 Å². The van der Waals surface area contributed by atoms with E-state index in [1.807, 2.05) is 0 Å². The fourth-order valence-corrected chi connectivity index (χ4v) is 2.23. The summed E-state index contributed by atoms with van der Waals surface area (Å²) in [5.41, 5.74) is 2.33. The van der Waals surface area contributed by atoms with Crippen molar-refractivity contribution in [2.24, 2.45) is 0 Å². The van der Waals surface area contributed by atoms with Crippen LogP contribution in [0, 0.1) is 0 Å². The van der Waals surface area contributed by atoms with E-state index >= 15 is 0 Å². The lowest BCUT2D eigenvalue weighted by molar-refractivity contribution is -0.136. The lowest BCUT2D eigenvalue weighted by Crippen LogP contribution is -2.02. The summed E-state index contributed by atoms with van der Waals surface area (Å²) < 4.78 is 0. The van der Waals surface area contributed by atoms with Crippen LogP contribution in [-0.2, 0) is 22.4 Å². The Morgan fingerprint density at radius 3 is 2.89 bits per heavy atom. The number of aliphatic carboxylic acids is 1. The van der Waals surface area contributed by atoms with Gasteiger partial charge in [0.1, 0.15) is 6.29 Å². The van der Waals surface area contributed by atoms with Gasteiger partial charge >= 0.3 is 5.97 Å². The molecule has 0 amide bonds. The molecule has 0 saturated heterocycles. The number of H-pyrrole nitrogens is 1. The number of nitrogens with one attached hydrogen (secondary N) is 1. The number of benzene rings is 1. The number of rotatable bonds is 5. The zero-order valence-corrected chi connectivity index (χ0v) is 10.3. The van der Waals surface area contributed by atoms with Gasteiger partial charge in [0.15, 0.2) is 0 Å². The summed E-state index contributed by atoms with van der Waals surface area (Å²) in [7, 11) is 0. The van der Waals surface area contributed by atoms with Gasteiger partial charge in [-0.3, -0.25) is 4.79 Å². The molecule has 2 rings (SSSR count). The molecule has 0 saturated carbocycles. The summed E-state index contributed by atoms with van der Waals surface area (Å²) >= 11 is 5.90. The largest absolute Gasteiger partial charge is 0.481 e. The van der Waals surface area contributed by atoms with Crippen LogP contribution in [0.4, 0.5) is 0 Å². The van der Waals surface area contributed by atoms with E-state index in [1.54, 1.807) is 18.2 Å². The number of aromatic amines is 1. The highest BCUT2D eigenvalue weighted by Crippen LogP contribution is 2.26. The maximum absolute atomic E-state index is 10.9. The van der Waals surface area contributed by atoms with Crippen LogP contribution in [0.2, 0.25) is 5.02 Å². The van der Waals surface area contributed by atoms with Gasteiger partial charge in [-0.15, -0.1) is 0 Å². The summed E-state index contributed by atoms with van der Waals surface area (Å²) in [4.78, 5) is 24.5. The SMILES string of the molecule is O=CCCc1[nH]c2cc(Cl)ccc2c1CC(=O)O. The number of aryl methyl sites for hydroxylation is 1. The number of aldehydes is 1. The molecule has 0 fully saturated rings. The van der Waals surface area contributed by atoms with Crippen molar-refractivity contribution in [2.45, 2.75) is 19.3 Å². The van der Waals surface area contributed by atoms with Crippen LogP contribution in [0.1, 0.15) is 17.7 Å². The number of hydrogen-bond acceptors (Lipinski definition) is 2. The standard InChI is InChI=1S/C13H12ClNO3/c14-8-3-4-9-10(7-13(17)18)11(2-1-5-16)15-12(9)6-8/h3-6,15H,1-2,7H2,(H,17,18). The molecule has 0 aliphatic rings. The Hall–Kier alpha value is -1.81. The lowest BCUT2D eigenvalue weighted by atomic mass is 10.1. The van der Waals surface area contributed by atoms with Crippen LogP contribution in [0.15, 0.2) is 18.2 Å². The molecular formula is C13H12ClNO3. The first-order valence-electron chi connectivity index (χ1n) is 5.56. The number of hydrogen-bond donors (Lipinski definition) is 2. The molecule has 1 aromatic carbocycles. The van der Waals surface area contributed by atoms with Crippen molar-refractivity contribution in [3.63, 3.8) is 0 Å². The molecule has 2 aromatic rings. The molecule has 4 nitrogen and oxygen atoms in total. The Morgan fingerprint density at radius 1 is 1.44 bits per heavy atom. The summed E-state index contributed by atoms with van der Waals surface area (Å²) in [6.07, 6.45) is 1.64. The molecule has 18 heavy (non-hydrogen) atoms. The van der Waals surface area contributed by atoms with Crippen LogP contribution in [0.5, 0.6) is 0 Å². The third-order valence-corrected chi connectivity index (χ3v) is 3.03. The van der Waals surface area contributed by atoms with Gasteiger partial charge in [0.05, 0.1) is 6.42 Å². The summed E-state index contributed by atoms with van der Waals surface area (Å²) in [6.45, 7) is 0. The van der Waals surface area contributed by atoms with Crippen molar-refractivity contribution in [1.29, 1.82) is 0 Å². The summed E-state index contributed by atoms with van der Waals surface area (Å²) in [5.74, 6) is -0.891.